The predicted octanol–water partition coefficient (Wildman–Crippen LogP) is 6.28. The van der Waals surface area contributed by atoms with Gasteiger partial charge in [0.15, 0.2) is 0 Å². The molecule has 1 aliphatic carbocycles. The first-order chi connectivity index (χ1) is 17.4. The average molecular weight is 550 g/mol. The first kappa shape index (κ1) is 26.5. The number of ether oxygens (including phenoxy) is 1. The van der Waals surface area contributed by atoms with Crippen LogP contribution < -0.4 is 9.46 Å². The maximum absolute atomic E-state index is 14.0. The van der Waals surface area contributed by atoms with Gasteiger partial charge in [0.05, 0.1) is 11.3 Å². The standard InChI is InChI=1S/C26H19F4NO4S2/c1-36-21-7-2-16(3-8-21)12-17-13-18(24-15-19(27)4-11-23(17)24)14-25(32)31-37(33,34)22-9-5-20(6-10-22)35-26(28,29)30/h2-13,15H,14H2,1H3,(H,31,32)/b17-12+. The molecule has 0 radical (unpaired) electrons. The molecule has 1 aliphatic rings. The van der Waals surface area contributed by atoms with Crippen molar-refractivity contribution in [3.63, 3.8) is 0 Å². The van der Waals surface area contributed by atoms with Crippen molar-refractivity contribution in [2.45, 2.75) is 22.6 Å². The number of carbonyl (C=O) groups excluding carboxylic acids is 1. The molecule has 0 spiro atoms. The van der Waals surface area contributed by atoms with E-state index in [0.29, 0.717) is 16.7 Å². The third-order valence-electron chi connectivity index (χ3n) is 5.37. The summed E-state index contributed by atoms with van der Waals surface area (Å²) in [6.45, 7) is 0. The fourth-order valence-electron chi connectivity index (χ4n) is 3.76. The van der Waals surface area contributed by atoms with Gasteiger partial charge in [-0.05, 0) is 94.8 Å². The molecule has 0 aromatic heterocycles. The van der Waals surface area contributed by atoms with Crippen LogP contribution >= 0.6 is 11.8 Å². The van der Waals surface area contributed by atoms with Crippen molar-refractivity contribution < 1.29 is 35.5 Å². The molecule has 192 valence electrons. The Morgan fingerprint density at radius 1 is 1.00 bits per heavy atom. The molecule has 3 aromatic rings. The normalized spacial score (nSPS) is 14.3. The van der Waals surface area contributed by atoms with Gasteiger partial charge in [-0.1, -0.05) is 18.2 Å². The molecule has 37 heavy (non-hydrogen) atoms. The lowest BCUT2D eigenvalue weighted by Gasteiger charge is -2.11. The van der Waals surface area contributed by atoms with Gasteiger partial charge in [0.25, 0.3) is 10.0 Å². The molecule has 0 unspecified atom stereocenters. The molecule has 0 atom stereocenters. The van der Waals surface area contributed by atoms with Crippen LogP contribution in [0, 0.1) is 5.82 Å². The molecule has 0 aliphatic heterocycles. The van der Waals surface area contributed by atoms with Crippen molar-refractivity contribution >= 4 is 44.9 Å². The number of amides is 1. The number of rotatable bonds is 7. The summed E-state index contributed by atoms with van der Waals surface area (Å²) in [5.41, 5.74) is 3.21. The van der Waals surface area contributed by atoms with Crippen LogP contribution in [-0.2, 0) is 14.8 Å². The van der Waals surface area contributed by atoms with Crippen LogP contribution in [0.3, 0.4) is 0 Å². The number of hydrogen-bond donors (Lipinski definition) is 1. The van der Waals surface area contributed by atoms with Crippen molar-refractivity contribution in [3.8, 4) is 5.75 Å². The lowest BCUT2D eigenvalue weighted by molar-refractivity contribution is -0.274. The molecular formula is C26H19F4NO4S2. The molecule has 0 fully saturated rings. The first-order valence-electron chi connectivity index (χ1n) is 10.7. The number of nitrogens with one attached hydrogen (secondary N) is 1. The summed E-state index contributed by atoms with van der Waals surface area (Å²) in [5, 5.41) is 0. The molecule has 0 bridgehead atoms. The smallest absolute Gasteiger partial charge is 0.406 e. The highest BCUT2D eigenvalue weighted by Gasteiger charge is 2.31. The van der Waals surface area contributed by atoms with Crippen molar-refractivity contribution in [2.75, 3.05) is 6.26 Å². The number of hydrogen-bond acceptors (Lipinski definition) is 5. The van der Waals surface area contributed by atoms with Gasteiger partial charge in [0, 0.05) is 4.90 Å². The van der Waals surface area contributed by atoms with Gasteiger partial charge in [0.1, 0.15) is 11.6 Å². The van der Waals surface area contributed by atoms with Crippen molar-refractivity contribution in [1.82, 2.24) is 4.72 Å². The van der Waals surface area contributed by atoms with Gasteiger partial charge >= 0.3 is 6.36 Å². The molecular weight excluding hydrogens is 530 g/mol. The number of alkyl halides is 3. The number of fused-ring (bicyclic) bond motifs is 1. The lowest BCUT2D eigenvalue weighted by atomic mass is 10.0. The number of allylic oxidation sites excluding steroid dienone is 2. The van der Waals surface area contributed by atoms with Crippen LogP contribution in [0.4, 0.5) is 17.6 Å². The second kappa shape index (κ2) is 10.4. The van der Waals surface area contributed by atoms with E-state index in [1.54, 1.807) is 23.9 Å². The maximum atomic E-state index is 14.0. The Hall–Kier alpha value is -3.57. The Kier molecular flexibility index (Phi) is 7.47. The second-order valence-electron chi connectivity index (χ2n) is 7.96. The Bertz CT molecular complexity index is 1500. The van der Waals surface area contributed by atoms with Crippen molar-refractivity contribution in [2.24, 2.45) is 0 Å². The van der Waals surface area contributed by atoms with Gasteiger partial charge in [-0.3, -0.25) is 4.79 Å². The molecule has 1 N–H and O–H groups in total. The van der Waals surface area contributed by atoms with Crippen LogP contribution in [0.1, 0.15) is 23.1 Å². The summed E-state index contributed by atoms with van der Waals surface area (Å²) in [5.74, 6) is -2.00. The van der Waals surface area contributed by atoms with Crippen molar-refractivity contribution in [1.29, 1.82) is 0 Å². The van der Waals surface area contributed by atoms with Crippen LogP contribution in [-0.4, -0.2) is 26.9 Å². The molecule has 0 saturated carbocycles. The summed E-state index contributed by atoms with van der Waals surface area (Å²) >= 11 is 1.60. The number of sulfonamides is 1. The van der Waals surface area contributed by atoms with E-state index in [2.05, 4.69) is 4.74 Å². The second-order valence-corrected chi connectivity index (χ2v) is 10.5. The molecule has 11 heteroatoms. The highest BCUT2D eigenvalue weighted by Crippen LogP contribution is 2.38. The van der Waals surface area contributed by atoms with Gasteiger partial charge < -0.3 is 4.74 Å². The van der Waals surface area contributed by atoms with Crippen LogP contribution in [0.5, 0.6) is 5.75 Å². The van der Waals surface area contributed by atoms with Gasteiger partial charge in [-0.25, -0.2) is 17.5 Å². The Labute approximate surface area is 214 Å². The quantitative estimate of drug-likeness (QED) is 0.278. The maximum Gasteiger partial charge on any atom is 0.573 e. The van der Waals surface area contributed by atoms with E-state index in [1.807, 2.05) is 41.3 Å². The number of benzene rings is 3. The van der Waals surface area contributed by atoms with E-state index in [-0.39, 0.29) is 6.42 Å². The van der Waals surface area contributed by atoms with E-state index < -0.39 is 38.8 Å². The highest BCUT2D eigenvalue weighted by molar-refractivity contribution is 7.98. The molecule has 1 amide bonds. The molecule has 4 rings (SSSR count). The van der Waals surface area contributed by atoms with Gasteiger partial charge in [0.2, 0.25) is 5.91 Å². The fraction of sp³-hybridized carbons (Fsp3) is 0.115. The summed E-state index contributed by atoms with van der Waals surface area (Å²) in [6, 6.07) is 15.4. The number of thioether (sulfide) groups is 1. The molecule has 0 saturated heterocycles. The zero-order chi connectivity index (χ0) is 26.8. The van der Waals surface area contributed by atoms with E-state index in [4.69, 9.17) is 0 Å². The van der Waals surface area contributed by atoms with Crippen LogP contribution in [0.2, 0.25) is 0 Å². The van der Waals surface area contributed by atoms with Crippen molar-refractivity contribution in [3.05, 3.63) is 95.3 Å². The summed E-state index contributed by atoms with van der Waals surface area (Å²) in [4.78, 5) is 13.3. The number of halogens is 4. The monoisotopic (exact) mass is 549 g/mol. The topological polar surface area (TPSA) is 72.5 Å². The summed E-state index contributed by atoms with van der Waals surface area (Å²) in [6.07, 6.45) is 0.250. The highest BCUT2D eigenvalue weighted by atomic mass is 32.2. The summed E-state index contributed by atoms with van der Waals surface area (Å²) < 4.78 is 81.8. The zero-order valence-corrected chi connectivity index (χ0v) is 20.8. The number of carbonyl (C=O) groups is 1. The third kappa shape index (κ3) is 6.60. The Morgan fingerprint density at radius 2 is 1.68 bits per heavy atom. The predicted molar refractivity (Wildman–Crippen MR) is 134 cm³/mol. The van der Waals surface area contributed by atoms with E-state index in [9.17, 15) is 30.8 Å². The first-order valence-corrected chi connectivity index (χ1v) is 13.4. The van der Waals surface area contributed by atoms with Gasteiger partial charge in [-0.15, -0.1) is 24.9 Å². The molecule has 0 heterocycles. The van der Waals surface area contributed by atoms with E-state index in [0.717, 1.165) is 40.3 Å². The van der Waals surface area contributed by atoms with E-state index in [1.165, 1.54) is 12.1 Å². The van der Waals surface area contributed by atoms with Crippen LogP contribution in [0.15, 0.2) is 82.6 Å². The van der Waals surface area contributed by atoms with E-state index >= 15 is 0 Å². The Balaban J connectivity index is 1.54. The third-order valence-corrected chi connectivity index (χ3v) is 7.51. The minimum Gasteiger partial charge on any atom is -0.406 e. The minimum absolute atomic E-state index is 0.367. The largest absolute Gasteiger partial charge is 0.573 e. The van der Waals surface area contributed by atoms with Crippen LogP contribution in [0.25, 0.3) is 17.2 Å². The zero-order valence-electron chi connectivity index (χ0n) is 19.2. The van der Waals surface area contributed by atoms with Gasteiger partial charge in [-0.2, -0.15) is 0 Å². The summed E-state index contributed by atoms with van der Waals surface area (Å²) in [7, 11) is -4.37. The minimum atomic E-state index is -4.93. The Morgan fingerprint density at radius 3 is 2.30 bits per heavy atom. The molecule has 5 nitrogen and oxygen atoms in total. The SMILES string of the molecule is CSc1ccc(/C=C2\C=C(CC(=O)NS(=O)(=O)c3ccc(OC(F)(F)F)cc3)c3cc(F)ccc32)cc1. The molecule has 3 aromatic carbocycles. The fourth-order valence-corrected chi connectivity index (χ4v) is 5.15. The lowest BCUT2D eigenvalue weighted by Crippen LogP contribution is -2.30. The average Bonchev–Trinajstić information content (AvgIpc) is 3.14.